The Hall–Kier alpha value is -3.12. The van der Waals surface area contributed by atoms with Crippen LogP contribution >= 0.6 is 11.6 Å². The fourth-order valence-electron chi connectivity index (χ4n) is 2.73. The quantitative estimate of drug-likeness (QED) is 0.754. The molecule has 7 heteroatoms. The predicted molar refractivity (Wildman–Crippen MR) is 95.7 cm³/mol. The van der Waals surface area contributed by atoms with Crippen LogP contribution in [0.1, 0.15) is 17.4 Å². The van der Waals surface area contributed by atoms with Crippen LogP contribution in [0.3, 0.4) is 0 Å². The number of halogens is 1. The van der Waals surface area contributed by atoms with E-state index in [1.807, 2.05) is 0 Å². The Balaban J connectivity index is 2.57. The number of benzene rings is 2. The number of fused-ring (bicyclic) bond motifs is 1. The van der Waals surface area contributed by atoms with Gasteiger partial charge in [-0.25, -0.2) is 9.47 Å². The third-order valence-electron chi connectivity index (χ3n) is 3.68. The van der Waals surface area contributed by atoms with E-state index < -0.39 is 17.4 Å². The van der Waals surface area contributed by atoms with Gasteiger partial charge in [-0.3, -0.25) is 15.0 Å². The lowest BCUT2D eigenvalue weighted by atomic mass is 9.97. The van der Waals surface area contributed by atoms with E-state index in [0.717, 1.165) is 4.68 Å². The third-order valence-corrected chi connectivity index (χ3v) is 3.91. The second kappa shape index (κ2) is 6.41. The summed E-state index contributed by atoms with van der Waals surface area (Å²) >= 11 is 6.06. The van der Waals surface area contributed by atoms with Gasteiger partial charge in [0, 0.05) is 22.9 Å². The monoisotopic (exact) mass is 356 g/mol. The van der Waals surface area contributed by atoms with Gasteiger partial charge < -0.3 is 5.11 Å². The number of aromatic nitrogens is 1. The number of carboxylic acid groups (broad SMARTS) is 1. The van der Waals surface area contributed by atoms with Crippen LogP contribution in [-0.2, 0) is 4.79 Å². The highest BCUT2D eigenvalue weighted by Crippen LogP contribution is 2.32. The molecule has 25 heavy (non-hydrogen) atoms. The Morgan fingerprint density at radius 1 is 1.08 bits per heavy atom. The van der Waals surface area contributed by atoms with Crippen molar-refractivity contribution in [2.24, 2.45) is 0 Å². The van der Waals surface area contributed by atoms with Crippen molar-refractivity contribution in [1.82, 2.24) is 4.68 Å². The maximum Gasteiger partial charge on any atom is 0.355 e. The highest BCUT2D eigenvalue weighted by molar-refractivity contribution is 6.31. The van der Waals surface area contributed by atoms with Crippen LogP contribution < -0.4 is 11.0 Å². The first-order valence-electron chi connectivity index (χ1n) is 7.34. The van der Waals surface area contributed by atoms with Crippen LogP contribution in [0, 0.1) is 0 Å². The number of carbonyl (C=O) groups excluding carboxylic acids is 1. The molecule has 0 atom stereocenters. The molecule has 1 aromatic heterocycles. The van der Waals surface area contributed by atoms with Crippen molar-refractivity contribution in [2.75, 3.05) is 5.43 Å². The standard InChI is InChI=1S/C18H13ClN2O4/c1-10(22)20-21-16(18(24)25)15(11-5-3-2-4-6-11)14-9-12(19)7-8-13(14)17(21)23/h2-9H,1H3,(H,20,22)(H,24,25). The number of hydrogen-bond donors (Lipinski definition) is 2. The molecular weight excluding hydrogens is 344 g/mol. The maximum atomic E-state index is 12.7. The highest BCUT2D eigenvalue weighted by atomic mass is 35.5. The third kappa shape index (κ3) is 2.99. The fourth-order valence-corrected chi connectivity index (χ4v) is 2.91. The molecule has 0 spiro atoms. The van der Waals surface area contributed by atoms with E-state index >= 15 is 0 Å². The average Bonchev–Trinajstić information content (AvgIpc) is 2.57. The lowest BCUT2D eigenvalue weighted by Crippen LogP contribution is -2.36. The van der Waals surface area contributed by atoms with Gasteiger partial charge in [-0.15, -0.1) is 0 Å². The molecule has 0 unspecified atom stereocenters. The summed E-state index contributed by atoms with van der Waals surface area (Å²) in [4.78, 5) is 36.2. The molecule has 0 fully saturated rings. The second-order valence-corrected chi connectivity index (χ2v) is 5.83. The summed E-state index contributed by atoms with van der Waals surface area (Å²) in [5.41, 5.74) is 2.21. The van der Waals surface area contributed by atoms with Crippen LogP contribution in [-0.4, -0.2) is 21.7 Å². The van der Waals surface area contributed by atoms with E-state index in [0.29, 0.717) is 21.5 Å². The number of nitrogens with zero attached hydrogens (tertiary/aromatic N) is 1. The summed E-state index contributed by atoms with van der Waals surface area (Å²) in [5.74, 6) is -1.90. The van der Waals surface area contributed by atoms with Crippen molar-refractivity contribution in [3.8, 4) is 11.1 Å². The van der Waals surface area contributed by atoms with Crippen LogP contribution in [0.25, 0.3) is 21.9 Å². The largest absolute Gasteiger partial charge is 0.476 e. The molecule has 0 aliphatic heterocycles. The number of rotatable bonds is 3. The zero-order chi connectivity index (χ0) is 18.1. The SMILES string of the molecule is CC(=O)Nn1c(C(=O)O)c(-c2ccccc2)c2cc(Cl)ccc2c1=O. The second-order valence-electron chi connectivity index (χ2n) is 5.39. The highest BCUT2D eigenvalue weighted by Gasteiger charge is 2.23. The molecule has 0 radical (unpaired) electrons. The minimum absolute atomic E-state index is 0.252. The van der Waals surface area contributed by atoms with Gasteiger partial charge in [0.1, 0.15) is 0 Å². The van der Waals surface area contributed by atoms with E-state index in [1.165, 1.54) is 13.0 Å². The molecule has 1 amide bonds. The van der Waals surface area contributed by atoms with Gasteiger partial charge >= 0.3 is 5.97 Å². The van der Waals surface area contributed by atoms with Gasteiger partial charge in [-0.2, -0.15) is 0 Å². The molecule has 126 valence electrons. The van der Waals surface area contributed by atoms with Crippen molar-refractivity contribution in [3.05, 3.63) is 69.6 Å². The Labute approximate surface area is 147 Å². The van der Waals surface area contributed by atoms with E-state index in [1.54, 1.807) is 42.5 Å². The number of aromatic carboxylic acids is 1. The van der Waals surface area contributed by atoms with Crippen LogP contribution in [0.4, 0.5) is 0 Å². The summed E-state index contributed by atoms with van der Waals surface area (Å²) in [7, 11) is 0. The molecule has 3 rings (SSSR count). The topological polar surface area (TPSA) is 88.4 Å². The molecule has 2 N–H and O–H groups in total. The molecule has 0 aliphatic carbocycles. The molecule has 0 saturated heterocycles. The van der Waals surface area contributed by atoms with E-state index in [4.69, 9.17) is 11.6 Å². The Morgan fingerprint density at radius 3 is 2.36 bits per heavy atom. The summed E-state index contributed by atoms with van der Waals surface area (Å²) in [6, 6.07) is 13.4. The molecule has 0 bridgehead atoms. The number of amides is 1. The molecule has 0 aliphatic rings. The molecule has 6 nitrogen and oxygen atoms in total. The van der Waals surface area contributed by atoms with Crippen molar-refractivity contribution in [2.45, 2.75) is 6.92 Å². The van der Waals surface area contributed by atoms with Crippen molar-refractivity contribution < 1.29 is 14.7 Å². The lowest BCUT2D eigenvalue weighted by Gasteiger charge is -2.17. The summed E-state index contributed by atoms with van der Waals surface area (Å²) < 4.78 is 0.767. The van der Waals surface area contributed by atoms with Gasteiger partial charge in [0.25, 0.3) is 5.56 Å². The zero-order valence-electron chi connectivity index (χ0n) is 13.1. The van der Waals surface area contributed by atoms with Crippen molar-refractivity contribution in [3.63, 3.8) is 0 Å². The number of nitrogens with one attached hydrogen (secondary N) is 1. The number of pyridine rings is 1. The first-order chi connectivity index (χ1) is 11.9. The van der Waals surface area contributed by atoms with Gasteiger partial charge in [-0.1, -0.05) is 41.9 Å². The lowest BCUT2D eigenvalue weighted by molar-refractivity contribution is -0.115. The minimum Gasteiger partial charge on any atom is -0.476 e. The molecule has 2 aromatic carbocycles. The number of carboxylic acids is 1. The zero-order valence-corrected chi connectivity index (χ0v) is 13.9. The van der Waals surface area contributed by atoms with Crippen molar-refractivity contribution in [1.29, 1.82) is 0 Å². The van der Waals surface area contributed by atoms with Gasteiger partial charge in [0.15, 0.2) is 5.69 Å². The maximum absolute atomic E-state index is 12.7. The van der Waals surface area contributed by atoms with E-state index in [9.17, 15) is 19.5 Å². The smallest absolute Gasteiger partial charge is 0.355 e. The summed E-state index contributed by atoms with van der Waals surface area (Å²) in [6.45, 7) is 1.20. The van der Waals surface area contributed by atoms with Crippen LogP contribution in [0.2, 0.25) is 5.02 Å². The van der Waals surface area contributed by atoms with Gasteiger partial charge in [-0.05, 0) is 29.1 Å². The Bertz CT molecular complexity index is 1060. The minimum atomic E-state index is -1.34. The van der Waals surface area contributed by atoms with Crippen molar-refractivity contribution >= 4 is 34.2 Å². The van der Waals surface area contributed by atoms with E-state index in [2.05, 4.69) is 5.43 Å². The first kappa shape index (κ1) is 16.7. The average molecular weight is 357 g/mol. The predicted octanol–water partition coefficient (Wildman–Crippen LogP) is 3.11. The van der Waals surface area contributed by atoms with Crippen LogP contribution in [0.15, 0.2) is 53.3 Å². The van der Waals surface area contributed by atoms with E-state index in [-0.39, 0.29) is 11.1 Å². The Kier molecular flexibility index (Phi) is 4.29. The Morgan fingerprint density at radius 2 is 1.76 bits per heavy atom. The normalized spacial score (nSPS) is 10.6. The molecule has 0 saturated carbocycles. The molecule has 1 heterocycles. The number of hydrogen-bond acceptors (Lipinski definition) is 3. The van der Waals surface area contributed by atoms with Crippen LogP contribution in [0.5, 0.6) is 0 Å². The molecular formula is C18H13ClN2O4. The van der Waals surface area contributed by atoms with Gasteiger partial charge in [0.05, 0.1) is 0 Å². The number of carbonyl (C=O) groups is 2. The summed E-state index contributed by atoms with van der Waals surface area (Å²) in [6.07, 6.45) is 0. The summed E-state index contributed by atoms with van der Waals surface area (Å²) in [5, 5.41) is 10.8. The first-order valence-corrected chi connectivity index (χ1v) is 7.72. The fraction of sp³-hybridized carbons (Fsp3) is 0.0556. The molecule has 3 aromatic rings. The van der Waals surface area contributed by atoms with Gasteiger partial charge in [0.2, 0.25) is 5.91 Å².